The lowest BCUT2D eigenvalue weighted by molar-refractivity contribution is -0.283. The van der Waals surface area contributed by atoms with Crippen molar-refractivity contribution in [1.82, 2.24) is 0 Å². The van der Waals surface area contributed by atoms with E-state index < -0.39 is 87.2 Å². The molecule has 596 valence electrons. The molecule has 0 aromatic carbocycles. The van der Waals surface area contributed by atoms with E-state index in [2.05, 4.69) is 40.7 Å². The Bertz CT molecular complexity index is 2810. The molecule has 4 saturated carbocycles. The minimum Gasteiger partial charge on any atom is -0.379 e. The van der Waals surface area contributed by atoms with Gasteiger partial charge in [-0.15, -0.1) is 0 Å². The zero-order chi connectivity index (χ0) is 74.0. The molecule has 0 bridgehead atoms. The molecule has 0 aromatic heterocycles. The van der Waals surface area contributed by atoms with E-state index in [1.54, 1.807) is 5.57 Å². The van der Waals surface area contributed by atoms with Crippen molar-refractivity contribution >= 4 is 50.6 Å². The Hall–Kier alpha value is -1.23. The van der Waals surface area contributed by atoms with Crippen molar-refractivity contribution in [3.8, 4) is 0 Å². The van der Waals surface area contributed by atoms with Crippen LogP contribution < -0.4 is 0 Å². The first-order valence-electron chi connectivity index (χ1n) is 36.5. The highest BCUT2D eigenvalue weighted by molar-refractivity contribution is 7.86. The molecule has 12 atom stereocenters. The molecule has 33 heteroatoms. The molecule has 5 rings (SSSR count). The molecule has 0 spiro atoms. The van der Waals surface area contributed by atoms with Crippen molar-refractivity contribution in [3.63, 3.8) is 0 Å². The van der Waals surface area contributed by atoms with Crippen molar-refractivity contribution in [2.45, 2.75) is 187 Å². The van der Waals surface area contributed by atoms with Crippen LogP contribution in [0.15, 0.2) is 11.6 Å². The van der Waals surface area contributed by atoms with Crippen LogP contribution in [0.2, 0.25) is 0 Å². The Morgan fingerprint density at radius 2 is 0.703 bits per heavy atom. The second-order valence-electron chi connectivity index (χ2n) is 28.5. The molecule has 5 aliphatic carbocycles. The van der Waals surface area contributed by atoms with Crippen molar-refractivity contribution in [1.29, 1.82) is 0 Å². The Morgan fingerprint density at radius 3 is 1.05 bits per heavy atom. The van der Waals surface area contributed by atoms with Gasteiger partial charge in [0.2, 0.25) is 0 Å². The predicted octanol–water partition coefficient (Wildman–Crippen LogP) is 7.06. The third kappa shape index (κ3) is 35.3. The maximum atomic E-state index is 11.8. The summed E-state index contributed by atoms with van der Waals surface area (Å²) < 4.78 is 223. The Morgan fingerprint density at radius 1 is 0.366 bits per heavy atom. The first-order valence-corrected chi connectivity index (χ1v) is 45.6. The summed E-state index contributed by atoms with van der Waals surface area (Å²) in [5.41, 5.74) is 2.48. The first-order chi connectivity index (χ1) is 47.8. The summed E-state index contributed by atoms with van der Waals surface area (Å²) in [6.07, 6.45) is 15.6. The third-order valence-corrected chi connectivity index (χ3v) is 22.8. The van der Waals surface area contributed by atoms with Crippen molar-refractivity contribution in [2.75, 3.05) is 190 Å². The highest BCUT2D eigenvalue weighted by Crippen LogP contribution is 2.67. The highest BCUT2D eigenvalue weighted by atomic mass is 32.2. The SMILES string of the molecule is CC(C)CCC[C@@H](C)[C@H]1CC[C@H]2[C@@H]3CC=C4C[C@H](OCCOCCOCCOCCOCCOCCOCCCOC5C(OCCCOS(C)(=O)=O)C(OCCCOS(C)(=O)=O)C(OCCCOS(C)(=O)=O)C(OCCCOS(C)(=O)=O)C5OCCCOS(C)(=O)=O)CC[C@]4(C)[C@H]3CC[C@]12C. The van der Waals surface area contributed by atoms with Gasteiger partial charge in [-0.2, -0.15) is 42.1 Å². The van der Waals surface area contributed by atoms with Gasteiger partial charge in [0.15, 0.2) is 0 Å². The van der Waals surface area contributed by atoms with Gasteiger partial charge in [-0.1, -0.05) is 65.5 Å². The van der Waals surface area contributed by atoms with Crippen LogP contribution in [0, 0.1) is 46.3 Å². The number of fused-ring (bicyclic) bond motifs is 5. The molecule has 4 unspecified atom stereocenters. The van der Waals surface area contributed by atoms with Gasteiger partial charge in [0.25, 0.3) is 50.6 Å². The Balaban J connectivity index is 1.00. The summed E-state index contributed by atoms with van der Waals surface area (Å²) in [5.74, 6) is 5.02. The smallest absolute Gasteiger partial charge is 0.264 e. The van der Waals surface area contributed by atoms with Gasteiger partial charge in [-0.25, -0.2) is 0 Å². The molecule has 28 nitrogen and oxygen atoms in total. The molecule has 4 fully saturated rings. The van der Waals surface area contributed by atoms with Gasteiger partial charge in [-0.05, 0) is 136 Å². The average molecular weight is 1550 g/mol. The maximum absolute atomic E-state index is 11.8. The minimum absolute atomic E-state index is 0.0305. The fourth-order valence-corrected chi connectivity index (χ4v) is 17.5. The molecule has 0 amide bonds. The van der Waals surface area contributed by atoms with Crippen LogP contribution in [0.5, 0.6) is 0 Å². The third-order valence-electron chi connectivity index (χ3n) is 19.9. The fourth-order valence-electron chi connectivity index (χ4n) is 15.4. The summed E-state index contributed by atoms with van der Waals surface area (Å²) in [5, 5.41) is 0. The number of rotatable bonds is 59. The monoisotopic (exact) mass is 1550 g/mol. The van der Waals surface area contributed by atoms with Crippen LogP contribution in [0.4, 0.5) is 0 Å². The van der Waals surface area contributed by atoms with E-state index in [0.717, 1.165) is 79.6 Å². The molecule has 0 radical (unpaired) electrons. The van der Waals surface area contributed by atoms with Crippen LogP contribution >= 0.6 is 0 Å². The van der Waals surface area contributed by atoms with Crippen molar-refractivity contribution in [2.24, 2.45) is 46.3 Å². The van der Waals surface area contributed by atoms with Crippen LogP contribution in [-0.2, 0) is 133 Å². The summed E-state index contributed by atoms with van der Waals surface area (Å²) in [6.45, 7) is 15.8. The standard InChI is InChI=1S/C68H126O28S5/c1-53(2)18-11-19-54(3)58-22-23-59-57-21-20-55-52-56(24-26-67(55,4)60(57)25-27-68(58,59)5)85-51-50-84-49-48-83-47-46-82-45-44-81-43-42-80-41-40-79-28-12-29-86-61-62(87-30-13-35-92-97(6,69)70)64(89-32-15-37-94-99(8,73)74)66(91-34-17-39-96-101(10,77)78)65(90-33-16-38-95-100(9,75)76)63(61)88-31-14-36-93-98(7,71)72/h20,53-54,56-66H,11-19,21-52H2,1-10H3/t54-,56-,57+,58-,59+,60+,61?,62?,63?,64?,65?,66?,67+,68-/m1/s1. The van der Waals surface area contributed by atoms with Crippen LogP contribution in [0.3, 0.4) is 0 Å². The van der Waals surface area contributed by atoms with E-state index in [4.69, 9.17) is 82.5 Å². The largest absolute Gasteiger partial charge is 0.379 e. The molecule has 0 saturated heterocycles. The maximum Gasteiger partial charge on any atom is 0.264 e. The molecule has 0 aliphatic heterocycles. The van der Waals surface area contributed by atoms with Gasteiger partial charge in [-0.3, -0.25) is 20.9 Å². The Kier molecular flexibility index (Phi) is 41.5. The van der Waals surface area contributed by atoms with Crippen LogP contribution in [0.25, 0.3) is 0 Å². The summed E-state index contributed by atoms with van der Waals surface area (Å²) in [7, 11) is -19.1. The van der Waals surface area contributed by atoms with Crippen LogP contribution in [-0.4, -0.2) is 275 Å². The lowest BCUT2D eigenvalue weighted by Gasteiger charge is -2.58. The van der Waals surface area contributed by atoms with E-state index in [0.29, 0.717) is 83.3 Å². The molecule has 0 N–H and O–H groups in total. The lowest BCUT2D eigenvalue weighted by Crippen LogP contribution is -2.68. The van der Waals surface area contributed by atoms with E-state index in [-0.39, 0.29) is 131 Å². The number of hydrogen-bond donors (Lipinski definition) is 0. The normalized spacial score (nSPS) is 27.7. The fraction of sp³-hybridized carbons (Fsp3) is 0.971. The molecular formula is C68H126O28S5. The molecule has 0 aromatic rings. The lowest BCUT2D eigenvalue weighted by atomic mass is 9.47. The molecule has 101 heavy (non-hydrogen) atoms. The number of hydrogen-bond acceptors (Lipinski definition) is 28. The van der Waals surface area contributed by atoms with Gasteiger partial charge in [0.1, 0.15) is 36.6 Å². The summed E-state index contributed by atoms with van der Waals surface area (Å²) >= 11 is 0. The number of allylic oxidation sites excluding steroid dienone is 1. The zero-order valence-corrected chi connectivity index (χ0v) is 66.1. The predicted molar refractivity (Wildman–Crippen MR) is 378 cm³/mol. The van der Waals surface area contributed by atoms with Gasteiger partial charge in [0.05, 0.1) is 150 Å². The van der Waals surface area contributed by atoms with Crippen LogP contribution in [0.1, 0.15) is 144 Å². The summed E-state index contributed by atoms with van der Waals surface area (Å²) in [4.78, 5) is 0. The van der Waals surface area contributed by atoms with Gasteiger partial charge >= 0.3 is 0 Å². The van der Waals surface area contributed by atoms with Crippen molar-refractivity contribution in [3.05, 3.63) is 11.6 Å². The second-order valence-corrected chi connectivity index (χ2v) is 36.7. The van der Waals surface area contributed by atoms with Gasteiger partial charge < -0.3 is 61.6 Å². The average Bonchev–Trinajstić information content (AvgIpc) is 1.71. The summed E-state index contributed by atoms with van der Waals surface area (Å²) in [6, 6.07) is 0. The molecular weight excluding hydrogens is 1430 g/mol. The minimum atomic E-state index is -3.82. The topological polar surface area (TPSA) is 337 Å². The van der Waals surface area contributed by atoms with E-state index in [1.807, 2.05) is 0 Å². The quantitative estimate of drug-likeness (QED) is 0.0334. The van der Waals surface area contributed by atoms with E-state index >= 15 is 0 Å². The van der Waals surface area contributed by atoms with Gasteiger partial charge in [0, 0.05) is 46.2 Å². The Labute approximate surface area is 606 Å². The van der Waals surface area contributed by atoms with Crippen molar-refractivity contribution < 1.29 is 125 Å². The van der Waals surface area contributed by atoms with E-state index in [9.17, 15) is 42.1 Å². The van der Waals surface area contributed by atoms with E-state index in [1.165, 1.54) is 57.8 Å². The molecule has 5 aliphatic rings. The highest BCUT2D eigenvalue weighted by Gasteiger charge is 2.60. The zero-order valence-electron chi connectivity index (χ0n) is 62.0. The number of ether oxygens (including phenoxy) is 13. The first kappa shape index (κ1) is 90.4. The molecule has 0 heterocycles. The second kappa shape index (κ2) is 46.3.